The van der Waals surface area contributed by atoms with Gasteiger partial charge in [0.25, 0.3) is 5.91 Å². The van der Waals surface area contributed by atoms with Crippen molar-refractivity contribution in [3.63, 3.8) is 0 Å². The molecule has 1 aromatic heterocycles. The van der Waals surface area contributed by atoms with E-state index in [1.807, 2.05) is 0 Å². The van der Waals surface area contributed by atoms with Crippen molar-refractivity contribution in [2.45, 2.75) is 6.73 Å². The van der Waals surface area contributed by atoms with E-state index in [0.717, 1.165) is 0 Å². The zero-order chi connectivity index (χ0) is 11.1. The SMILES string of the molecule is COCCNC(=O)c1ccn(COC)n1. The third kappa shape index (κ3) is 3.69. The summed E-state index contributed by atoms with van der Waals surface area (Å²) in [6, 6.07) is 1.64. The lowest BCUT2D eigenvalue weighted by atomic mass is 10.4. The highest BCUT2D eigenvalue weighted by Gasteiger charge is 2.07. The number of amides is 1. The molecule has 6 heteroatoms. The molecule has 0 unspecified atom stereocenters. The van der Waals surface area contributed by atoms with Crippen LogP contribution in [0.3, 0.4) is 0 Å². The van der Waals surface area contributed by atoms with Crippen LogP contribution in [0.4, 0.5) is 0 Å². The van der Waals surface area contributed by atoms with Gasteiger partial charge in [-0.1, -0.05) is 0 Å². The molecule has 1 rings (SSSR count). The van der Waals surface area contributed by atoms with E-state index in [9.17, 15) is 4.79 Å². The number of rotatable bonds is 6. The Balaban J connectivity index is 2.43. The van der Waals surface area contributed by atoms with E-state index < -0.39 is 0 Å². The maximum Gasteiger partial charge on any atom is 0.271 e. The summed E-state index contributed by atoms with van der Waals surface area (Å²) in [5.41, 5.74) is 0.378. The van der Waals surface area contributed by atoms with Gasteiger partial charge in [-0.15, -0.1) is 0 Å². The second-order valence-electron chi connectivity index (χ2n) is 2.91. The van der Waals surface area contributed by atoms with E-state index in [0.29, 0.717) is 25.6 Å². The topological polar surface area (TPSA) is 65.4 Å². The van der Waals surface area contributed by atoms with Crippen molar-refractivity contribution in [3.8, 4) is 0 Å². The minimum absolute atomic E-state index is 0.207. The number of nitrogens with zero attached hydrogens (tertiary/aromatic N) is 2. The number of nitrogens with one attached hydrogen (secondary N) is 1. The first-order valence-corrected chi connectivity index (χ1v) is 4.57. The Morgan fingerprint density at radius 1 is 1.53 bits per heavy atom. The smallest absolute Gasteiger partial charge is 0.271 e. The lowest BCUT2D eigenvalue weighted by molar-refractivity contribution is 0.0924. The largest absolute Gasteiger partial charge is 0.383 e. The summed E-state index contributed by atoms with van der Waals surface area (Å²) in [5, 5.41) is 6.69. The van der Waals surface area contributed by atoms with Crippen LogP contribution in [0.1, 0.15) is 10.5 Å². The van der Waals surface area contributed by atoms with Gasteiger partial charge in [-0.05, 0) is 6.07 Å². The molecule has 15 heavy (non-hydrogen) atoms. The highest BCUT2D eigenvalue weighted by molar-refractivity contribution is 5.92. The maximum absolute atomic E-state index is 11.5. The van der Waals surface area contributed by atoms with Crippen LogP contribution in [0.2, 0.25) is 0 Å². The second kappa shape index (κ2) is 6.15. The molecule has 84 valence electrons. The van der Waals surface area contributed by atoms with Gasteiger partial charge >= 0.3 is 0 Å². The monoisotopic (exact) mass is 213 g/mol. The number of carbonyl (C=O) groups excluding carboxylic acids is 1. The highest BCUT2D eigenvalue weighted by atomic mass is 16.5. The number of hydrogen-bond acceptors (Lipinski definition) is 4. The van der Waals surface area contributed by atoms with Crippen LogP contribution in [0.5, 0.6) is 0 Å². The summed E-state index contributed by atoms with van der Waals surface area (Å²) in [4.78, 5) is 11.5. The average molecular weight is 213 g/mol. The number of carbonyl (C=O) groups is 1. The van der Waals surface area contributed by atoms with Gasteiger partial charge in [0.2, 0.25) is 0 Å². The molecule has 0 aliphatic carbocycles. The minimum Gasteiger partial charge on any atom is -0.383 e. The Bertz CT molecular complexity index is 311. The predicted molar refractivity (Wildman–Crippen MR) is 53.4 cm³/mol. The van der Waals surface area contributed by atoms with Gasteiger partial charge in [-0.25, -0.2) is 4.68 Å². The van der Waals surface area contributed by atoms with Gasteiger partial charge in [0, 0.05) is 27.0 Å². The van der Waals surface area contributed by atoms with Crippen LogP contribution in [0.15, 0.2) is 12.3 Å². The Kier molecular flexibility index (Phi) is 4.79. The molecule has 1 aromatic rings. The normalized spacial score (nSPS) is 10.3. The summed E-state index contributed by atoms with van der Waals surface area (Å²) in [6.45, 7) is 1.31. The van der Waals surface area contributed by atoms with Crippen LogP contribution in [-0.4, -0.2) is 43.1 Å². The van der Waals surface area contributed by atoms with Crippen molar-refractivity contribution >= 4 is 5.91 Å². The van der Waals surface area contributed by atoms with Gasteiger partial charge in [0.15, 0.2) is 0 Å². The molecular weight excluding hydrogens is 198 g/mol. The first-order chi connectivity index (χ1) is 7.27. The van der Waals surface area contributed by atoms with Crippen LogP contribution < -0.4 is 5.32 Å². The van der Waals surface area contributed by atoms with E-state index in [4.69, 9.17) is 9.47 Å². The highest BCUT2D eigenvalue weighted by Crippen LogP contribution is 1.95. The zero-order valence-electron chi connectivity index (χ0n) is 8.90. The van der Waals surface area contributed by atoms with E-state index in [-0.39, 0.29) is 5.91 Å². The molecule has 0 aromatic carbocycles. The van der Waals surface area contributed by atoms with Crippen molar-refractivity contribution in [2.24, 2.45) is 0 Å². The molecule has 1 heterocycles. The summed E-state index contributed by atoms with van der Waals surface area (Å²) in [6.07, 6.45) is 1.69. The summed E-state index contributed by atoms with van der Waals surface area (Å²) < 4.78 is 11.2. The molecule has 0 saturated carbocycles. The average Bonchev–Trinajstić information content (AvgIpc) is 2.67. The van der Waals surface area contributed by atoms with Crippen molar-refractivity contribution in [1.82, 2.24) is 15.1 Å². The molecule has 0 aliphatic rings. The molecule has 0 spiro atoms. The molecular formula is C9H15N3O3. The lowest BCUT2D eigenvalue weighted by Gasteiger charge is -2.01. The standard InChI is InChI=1S/C9H15N3O3/c1-14-6-4-10-9(13)8-3-5-12(11-8)7-15-2/h3,5H,4,6-7H2,1-2H3,(H,10,13). The lowest BCUT2D eigenvalue weighted by Crippen LogP contribution is -2.27. The molecule has 0 radical (unpaired) electrons. The van der Waals surface area contributed by atoms with E-state index >= 15 is 0 Å². The molecule has 1 N–H and O–H groups in total. The predicted octanol–water partition coefficient (Wildman–Crippen LogP) is -0.137. The van der Waals surface area contributed by atoms with Crippen LogP contribution in [0, 0.1) is 0 Å². The van der Waals surface area contributed by atoms with Crippen LogP contribution >= 0.6 is 0 Å². The Morgan fingerprint density at radius 3 is 3.00 bits per heavy atom. The van der Waals surface area contributed by atoms with Gasteiger partial charge in [-0.2, -0.15) is 5.10 Å². The second-order valence-corrected chi connectivity index (χ2v) is 2.91. The van der Waals surface area contributed by atoms with Crippen LogP contribution in [-0.2, 0) is 16.2 Å². The number of ether oxygens (including phenoxy) is 2. The molecule has 0 fully saturated rings. The molecule has 0 atom stereocenters. The first-order valence-electron chi connectivity index (χ1n) is 4.57. The third-order valence-electron chi connectivity index (χ3n) is 1.73. The van der Waals surface area contributed by atoms with Crippen molar-refractivity contribution in [1.29, 1.82) is 0 Å². The molecule has 1 amide bonds. The molecule has 0 saturated heterocycles. The van der Waals surface area contributed by atoms with E-state index in [2.05, 4.69) is 10.4 Å². The van der Waals surface area contributed by atoms with Crippen molar-refractivity contribution < 1.29 is 14.3 Å². The number of hydrogen-bond donors (Lipinski definition) is 1. The van der Waals surface area contributed by atoms with E-state index in [1.54, 1.807) is 31.2 Å². The Morgan fingerprint density at radius 2 is 2.33 bits per heavy atom. The van der Waals surface area contributed by atoms with Gasteiger partial charge in [0.05, 0.1) is 6.61 Å². The molecule has 0 aliphatic heterocycles. The maximum atomic E-state index is 11.5. The summed E-state index contributed by atoms with van der Waals surface area (Å²) in [5.74, 6) is -0.207. The van der Waals surface area contributed by atoms with Crippen molar-refractivity contribution in [2.75, 3.05) is 27.4 Å². The fraction of sp³-hybridized carbons (Fsp3) is 0.556. The van der Waals surface area contributed by atoms with Crippen molar-refractivity contribution in [3.05, 3.63) is 18.0 Å². The zero-order valence-corrected chi connectivity index (χ0v) is 8.90. The van der Waals surface area contributed by atoms with Crippen LogP contribution in [0.25, 0.3) is 0 Å². The number of methoxy groups -OCH3 is 2. The molecule has 6 nitrogen and oxygen atoms in total. The minimum atomic E-state index is -0.207. The third-order valence-corrected chi connectivity index (χ3v) is 1.73. The summed E-state index contributed by atoms with van der Waals surface area (Å²) in [7, 11) is 3.15. The summed E-state index contributed by atoms with van der Waals surface area (Å²) >= 11 is 0. The Hall–Kier alpha value is -1.40. The Labute approximate surface area is 88.2 Å². The van der Waals surface area contributed by atoms with E-state index in [1.165, 1.54) is 0 Å². The fourth-order valence-corrected chi connectivity index (χ4v) is 1.04. The number of aromatic nitrogens is 2. The van der Waals surface area contributed by atoms with Gasteiger partial charge in [0.1, 0.15) is 12.4 Å². The van der Waals surface area contributed by atoms with Gasteiger partial charge < -0.3 is 14.8 Å². The van der Waals surface area contributed by atoms with Gasteiger partial charge in [-0.3, -0.25) is 4.79 Å². The fourth-order valence-electron chi connectivity index (χ4n) is 1.04. The quantitative estimate of drug-likeness (QED) is 0.668. The first kappa shape index (κ1) is 11.7. The molecule has 0 bridgehead atoms.